The molecule has 4 aromatic rings. The molecule has 13 heteroatoms. The molecule has 1 aliphatic rings. The molecule has 2 heterocycles. The summed E-state index contributed by atoms with van der Waals surface area (Å²) in [5.74, 6) is -0.361. The summed E-state index contributed by atoms with van der Waals surface area (Å²) in [6.45, 7) is 1.75. The molecule has 1 N–H and O–H groups in total. The number of aromatic nitrogens is 1. The second-order valence-corrected chi connectivity index (χ2v) is 11.5. The number of hydrogen-bond acceptors (Lipinski definition) is 7. The first-order valence-corrected chi connectivity index (χ1v) is 15.1. The van der Waals surface area contributed by atoms with E-state index in [-0.39, 0.29) is 29.0 Å². The lowest BCUT2D eigenvalue weighted by molar-refractivity contribution is -0.138. The smallest absolute Gasteiger partial charge is 0.416 e. The molecule has 0 saturated heterocycles. The van der Waals surface area contributed by atoms with Crippen molar-refractivity contribution in [3.05, 3.63) is 92.8 Å². The topological polar surface area (TPSA) is 71.0 Å². The molecule has 46 heavy (non-hydrogen) atoms. The van der Waals surface area contributed by atoms with Gasteiger partial charge in [0.1, 0.15) is 5.82 Å². The van der Waals surface area contributed by atoms with Gasteiger partial charge in [-0.3, -0.25) is 9.36 Å². The Kier molecular flexibility index (Phi) is 9.43. The van der Waals surface area contributed by atoms with Crippen LogP contribution < -0.4 is 29.8 Å². The van der Waals surface area contributed by atoms with Gasteiger partial charge in [-0.1, -0.05) is 18.2 Å². The third kappa shape index (κ3) is 5.95. The molecule has 1 aromatic heterocycles. The molecular formula is C33H31F5N2O5S. The van der Waals surface area contributed by atoms with Gasteiger partial charge >= 0.3 is 6.18 Å². The van der Waals surface area contributed by atoms with E-state index < -0.39 is 47.0 Å². The minimum Gasteiger partial charge on any atom is -0.494 e. The molecule has 3 aromatic carbocycles. The highest BCUT2D eigenvalue weighted by atomic mass is 32.2. The minimum absolute atomic E-state index is 0.0414. The maximum absolute atomic E-state index is 15.7. The molecule has 244 valence electrons. The van der Waals surface area contributed by atoms with Gasteiger partial charge in [0.2, 0.25) is 5.75 Å². The second kappa shape index (κ2) is 13.1. The van der Waals surface area contributed by atoms with E-state index in [2.05, 4.69) is 5.32 Å². The summed E-state index contributed by atoms with van der Waals surface area (Å²) in [4.78, 5) is 14.2. The fraction of sp³-hybridized carbons (Fsp3) is 0.303. The molecule has 0 spiro atoms. The van der Waals surface area contributed by atoms with Crippen molar-refractivity contribution in [2.75, 3.05) is 46.1 Å². The van der Waals surface area contributed by atoms with E-state index in [9.17, 15) is 18.0 Å². The Morgan fingerprint density at radius 1 is 0.913 bits per heavy atom. The van der Waals surface area contributed by atoms with Crippen molar-refractivity contribution < 1.29 is 40.9 Å². The summed E-state index contributed by atoms with van der Waals surface area (Å²) in [5, 5.41) is 3.67. The number of fused-ring (bicyclic) bond motifs is 1. The number of thioether (sulfide) groups is 1. The number of ether oxygens (including phenoxy) is 4. The summed E-state index contributed by atoms with van der Waals surface area (Å²) < 4.78 is 95.6. The van der Waals surface area contributed by atoms with Crippen molar-refractivity contribution in [2.45, 2.75) is 30.6 Å². The van der Waals surface area contributed by atoms with Crippen LogP contribution in [0.15, 0.2) is 58.4 Å². The maximum Gasteiger partial charge on any atom is 0.416 e. The number of pyridine rings is 1. The predicted molar refractivity (Wildman–Crippen MR) is 166 cm³/mol. The Balaban J connectivity index is 1.66. The molecule has 0 bridgehead atoms. The Morgan fingerprint density at radius 3 is 2.17 bits per heavy atom. The van der Waals surface area contributed by atoms with E-state index in [1.807, 2.05) is 0 Å². The van der Waals surface area contributed by atoms with Crippen LogP contribution in [0.25, 0.3) is 11.1 Å². The third-order valence-electron chi connectivity index (χ3n) is 7.95. The summed E-state index contributed by atoms with van der Waals surface area (Å²) in [6.07, 6.45) is -5.29. The first-order chi connectivity index (χ1) is 21.9. The molecule has 1 aliphatic heterocycles. The highest BCUT2D eigenvalue weighted by Crippen LogP contribution is 2.43. The summed E-state index contributed by atoms with van der Waals surface area (Å²) in [5.41, 5.74) is -1.18. The van der Waals surface area contributed by atoms with Gasteiger partial charge in [-0.05, 0) is 36.2 Å². The molecular weight excluding hydrogens is 631 g/mol. The molecule has 0 fully saturated rings. The van der Waals surface area contributed by atoms with Crippen molar-refractivity contribution >= 4 is 17.4 Å². The zero-order valence-corrected chi connectivity index (χ0v) is 26.4. The number of methoxy groups -OCH3 is 4. The van der Waals surface area contributed by atoms with Crippen LogP contribution >= 0.6 is 11.8 Å². The van der Waals surface area contributed by atoms with E-state index in [0.29, 0.717) is 39.3 Å². The van der Waals surface area contributed by atoms with E-state index in [1.165, 1.54) is 63.0 Å². The van der Waals surface area contributed by atoms with Crippen molar-refractivity contribution in [1.82, 2.24) is 4.57 Å². The molecule has 5 rings (SSSR count). The van der Waals surface area contributed by atoms with Crippen LogP contribution in [0.5, 0.6) is 23.0 Å². The van der Waals surface area contributed by atoms with Gasteiger partial charge in [0.25, 0.3) is 5.56 Å². The Labute approximate surface area is 266 Å². The average molecular weight is 663 g/mol. The predicted octanol–water partition coefficient (Wildman–Crippen LogP) is 7.50. The van der Waals surface area contributed by atoms with E-state index in [0.717, 1.165) is 18.2 Å². The van der Waals surface area contributed by atoms with Crippen LogP contribution in [0.3, 0.4) is 0 Å². The lowest BCUT2D eigenvalue weighted by Gasteiger charge is -2.22. The highest BCUT2D eigenvalue weighted by molar-refractivity contribution is 7.99. The van der Waals surface area contributed by atoms with Gasteiger partial charge in [0.05, 0.1) is 50.6 Å². The van der Waals surface area contributed by atoms with Gasteiger partial charge < -0.3 is 24.3 Å². The lowest BCUT2D eigenvalue weighted by Crippen LogP contribution is -2.31. The van der Waals surface area contributed by atoms with Crippen LogP contribution in [0, 0.1) is 18.6 Å². The first-order valence-electron chi connectivity index (χ1n) is 14.1. The maximum atomic E-state index is 15.7. The number of anilines is 1. The fourth-order valence-electron chi connectivity index (χ4n) is 5.70. The Bertz CT molecular complexity index is 1820. The number of hydrogen-bond donors (Lipinski definition) is 1. The van der Waals surface area contributed by atoms with Gasteiger partial charge in [-0.25, -0.2) is 8.78 Å². The summed E-state index contributed by atoms with van der Waals surface area (Å²) in [7, 11) is 5.73. The number of halogens is 5. The molecule has 1 unspecified atom stereocenters. The number of benzene rings is 3. The molecule has 1 atom stereocenters. The van der Waals surface area contributed by atoms with Crippen molar-refractivity contribution in [3.8, 4) is 34.1 Å². The first kappa shape index (κ1) is 33.0. The van der Waals surface area contributed by atoms with Crippen LogP contribution in [-0.4, -0.2) is 45.3 Å². The minimum atomic E-state index is -4.82. The molecule has 0 amide bonds. The van der Waals surface area contributed by atoms with E-state index in [4.69, 9.17) is 18.9 Å². The monoisotopic (exact) mass is 662 g/mol. The molecule has 0 saturated carbocycles. The number of nitrogens with zero attached hydrogens (tertiary/aromatic N) is 1. The van der Waals surface area contributed by atoms with Gasteiger partial charge in [0, 0.05) is 47.7 Å². The summed E-state index contributed by atoms with van der Waals surface area (Å²) >= 11 is 1.27. The lowest BCUT2D eigenvalue weighted by atomic mass is 9.92. The highest BCUT2D eigenvalue weighted by Gasteiger charge is 2.37. The fourth-order valence-corrected chi connectivity index (χ4v) is 7.09. The average Bonchev–Trinajstić information content (AvgIpc) is 3.46. The van der Waals surface area contributed by atoms with Crippen LogP contribution in [0.4, 0.5) is 27.6 Å². The van der Waals surface area contributed by atoms with Gasteiger partial charge in [0.15, 0.2) is 23.1 Å². The van der Waals surface area contributed by atoms with Crippen LogP contribution in [0.1, 0.15) is 28.3 Å². The van der Waals surface area contributed by atoms with Gasteiger partial charge in [-0.2, -0.15) is 13.2 Å². The van der Waals surface area contributed by atoms with E-state index in [1.54, 1.807) is 19.1 Å². The number of rotatable bonds is 10. The van der Waals surface area contributed by atoms with E-state index >= 15 is 8.78 Å². The number of nitrogens with one attached hydrogen (secondary N) is 1. The SMILES string of the molecule is COc1cccc(-c2c(C)c(Cc3c(F)cccc3C(F)(F)F)c3n(c2=O)C(CNc2cc(OC)c(OC)c(OC)c2)CS3)c1F. The van der Waals surface area contributed by atoms with Crippen LogP contribution in [-0.2, 0) is 12.6 Å². The zero-order chi connectivity index (χ0) is 33.3. The largest absolute Gasteiger partial charge is 0.494 e. The summed E-state index contributed by atoms with van der Waals surface area (Å²) in [6, 6.07) is 10.0. The zero-order valence-electron chi connectivity index (χ0n) is 25.6. The van der Waals surface area contributed by atoms with Crippen molar-refractivity contribution in [1.29, 1.82) is 0 Å². The molecule has 7 nitrogen and oxygen atoms in total. The third-order valence-corrected chi connectivity index (χ3v) is 9.22. The number of alkyl halides is 3. The Morgan fingerprint density at radius 2 is 1.57 bits per heavy atom. The second-order valence-electron chi connectivity index (χ2n) is 10.5. The van der Waals surface area contributed by atoms with Crippen LogP contribution in [0.2, 0.25) is 0 Å². The molecule has 0 radical (unpaired) electrons. The quantitative estimate of drug-likeness (QED) is 0.176. The van der Waals surface area contributed by atoms with Gasteiger partial charge in [-0.15, -0.1) is 11.8 Å². The standard InChI is InChI=1S/C33H31F5N2O5S/c1-17-21(14-22-23(33(36,37)38)9-7-10-24(22)34)32-40(31(41)28(17)20-8-6-11-25(42-2)29(20)35)19(16-46-32)15-39-18-12-26(43-3)30(45-5)27(13-18)44-4/h6-13,19,39H,14-16H2,1-5H3. The molecule has 0 aliphatic carbocycles. The van der Waals surface area contributed by atoms with Crippen molar-refractivity contribution in [3.63, 3.8) is 0 Å². The Hall–Kier alpha value is -4.39. The normalized spacial score (nSPS) is 14.2. The van der Waals surface area contributed by atoms with Crippen molar-refractivity contribution in [2.24, 2.45) is 0 Å².